The van der Waals surface area contributed by atoms with Gasteiger partial charge in [-0.15, -0.1) is 0 Å². The van der Waals surface area contributed by atoms with Gasteiger partial charge in [-0.05, 0) is 90.3 Å². The van der Waals surface area contributed by atoms with Gasteiger partial charge >= 0.3 is 0 Å². The molecule has 8 aromatic carbocycles. The maximum atomic E-state index is 9.96. The van der Waals surface area contributed by atoms with Crippen molar-refractivity contribution in [2.75, 3.05) is 0 Å². The van der Waals surface area contributed by atoms with Crippen LogP contribution >= 0.6 is 0 Å². The first-order chi connectivity index (χ1) is 27.3. The Labute approximate surface area is 278 Å². The summed E-state index contributed by atoms with van der Waals surface area (Å²) < 4.78 is 115. The molecule has 9 rings (SSSR count). The SMILES string of the molecule is [2H]c1c([2H])c([2H])c(-c2ccccc2-c2c3c([2H])c([2H])c([2H])c([2H])c3c(-c3ccc4oc5ccccc5c4c3)c3c([2H])c([2H])c(-c4ccccc4)c([2H])c23)c([2H])c1[2H]. The molecular formula is C44H28O. The average Bonchev–Trinajstić information content (AvgIpc) is 3.60. The molecule has 0 aliphatic heterocycles. The zero-order chi connectivity index (χ0) is 40.2. The molecule has 0 aliphatic rings. The molecule has 0 radical (unpaired) electrons. The first kappa shape index (κ1) is 16.2. The van der Waals surface area contributed by atoms with Crippen molar-refractivity contribution in [3.8, 4) is 44.5 Å². The topological polar surface area (TPSA) is 13.1 Å². The summed E-state index contributed by atoms with van der Waals surface area (Å²) in [6, 6.07) is 22.7. The minimum atomic E-state index is -0.578. The van der Waals surface area contributed by atoms with Crippen molar-refractivity contribution >= 4 is 43.5 Å². The normalized spacial score (nSPS) is 15.3. The summed E-state index contributed by atoms with van der Waals surface area (Å²) in [6.07, 6.45) is 0. The molecule has 0 unspecified atom stereocenters. The van der Waals surface area contributed by atoms with Gasteiger partial charge in [-0.3, -0.25) is 0 Å². The van der Waals surface area contributed by atoms with Crippen LogP contribution in [0.25, 0.3) is 88.0 Å². The van der Waals surface area contributed by atoms with E-state index < -0.39 is 54.4 Å². The van der Waals surface area contributed by atoms with E-state index in [1.807, 2.05) is 30.3 Å². The van der Waals surface area contributed by atoms with Crippen LogP contribution in [0.5, 0.6) is 0 Å². The molecular weight excluding hydrogens is 544 g/mol. The first-order valence-electron chi connectivity index (χ1n) is 20.5. The third-order valence-electron chi connectivity index (χ3n) is 8.19. The van der Waals surface area contributed by atoms with Crippen LogP contribution in [-0.4, -0.2) is 0 Å². The quantitative estimate of drug-likeness (QED) is 0.188. The van der Waals surface area contributed by atoms with E-state index in [1.165, 1.54) is 0 Å². The van der Waals surface area contributed by atoms with Gasteiger partial charge < -0.3 is 4.42 Å². The van der Waals surface area contributed by atoms with Crippen molar-refractivity contribution in [3.05, 3.63) is 170 Å². The molecule has 1 heteroatoms. The second kappa shape index (κ2) is 10.4. The number of hydrogen-bond acceptors (Lipinski definition) is 1. The Morgan fingerprint density at radius 2 is 1.04 bits per heavy atom. The number of benzene rings is 8. The Hall–Kier alpha value is -5.92. The third-order valence-corrected chi connectivity index (χ3v) is 8.19. The summed E-state index contributed by atoms with van der Waals surface area (Å²) in [4.78, 5) is 0. The molecule has 0 aliphatic carbocycles. The highest BCUT2D eigenvalue weighted by Gasteiger charge is 2.20. The minimum Gasteiger partial charge on any atom is -0.456 e. The molecule has 0 saturated heterocycles. The van der Waals surface area contributed by atoms with E-state index in [-0.39, 0.29) is 73.1 Å². The predicted molar refractivity (Wildman–Crippen MR) is 190 cm³/mol. The van der Waals surface area contributed by atoms with Crippen LogP contribution in [0.1, 0.15) is 16.4 Å². The lowest BCUT2D eigenvalue weighted by Crippen LogP contribution is -1.93. The molecule has 1 heterocycles. The van der Waals surface area contributed by atoms with E-state index >= 15 is 0 Å². The van der Waals surface area contributed by atoms with Crippen LogP contribution in [0, 0.1) is 0 Å². The van der Waals surface area contributed by atoms with E-state index in [1.54, 1.807) is 66.7 Å². The van der Waals surface area contributed by atoms with Crippen molar-refractivity contribution in [3.63, 3.8) is 0 Å². The fourth-order valence-corrected chi connectivity index (χ4v) is 6.21. The van der Waals surface area contributed by atoms with Crippen molar-refractivity contribution in [1.82, 2.24) is 0 Å². The van der Waals surface area contributed by atoms with Gasteiger partial charge in [0, 0.05) is 10.8 Å². The molecule has 0 fully saturated rings. The van der Waals surface area contributed by atoms with Crippen LogP contribution in [0.15, 0.2) is 174 Å². The largest absolute Gasteiger partial charge is 0.456 e. The van der Waals surface area contributed by atoms with Gasteiger partial charge in [0.25, 0.3) is 0 Å². The zero-order valence-corrected chi connectivity index (χ0v) is 23.6. The smallest absolute Gasteiger partial charge is 0.135 e. The molecule has 0 N–H and O–H groups in total. The Morgan fingerprint density at radius 1 is 0.378 bits per heavy atom. The molecule has 1 nitrogen and oxygen atoms in total. The highest BCUT2D eigenvalue weighted by atomic mass is 16.3. The van der Waals surface area contributed by atoms with Gasteiger partial charge in [0.15, 0.2) is 0 Å². The summed E-state index contributed by atoms with van der Waals surface area (Å²) in [6.45, 7) is 0. The van der Waals surface area contributed by atoms with Gasteiger partial charge in [0.05, 0.1) is 16.4 Å². The molecule has 0 amide bonds. The average molecular weight is 585 g/mol. The predicted octanol–water partition coefficient (Wildman–Crippen LogP) is 12.6. The first-order valence-corrected chi connectivity index (χ1v) is 14.5. The minimum absolute atomic E-state index is 0.00473. The number of rotatable bonds is 4. The van der Waals surface area contributed by atoms with Crippen molar-refractivity contribution in [2.45, 2.75) is 0 Å². The summed E-state index contributed by atoms with van der Waals surface area (Å²) in [7, 11) is 0. The van der Waals surface area contributed by atoms with Gasteiger partial charge in [-0.1, -0.05) is 145 Å². The second-order valence-electron chi connectivity index (χ2n) is 10.7. The van der Waals surface area contributed by atoms with E-state index in [0.29, 0.717) is 27.7 Å². The molecule has 0 bridgehead atoms. The van der Waals surface area contributed by atoms with Gasteiger partial charge in [-0.25, -0.2) is 0 Å². The van der Waals surface area contributed by atoms with Gasteiger partial charge in [-0.2, -0.15) is 0 Å². The number of fused-ring (bicyclic) bond motifs is 5. The van der Waals surface area contributed by atoms with Gasteiger partial charge in [0.1, 0.15) is 11.2 Å². The molecule has 210 valence electrons. The van der Waals surface area contributed by atoms with Crippen molar-refractivity contribution in [2.24, 2.45) is 0 Å². The van der Waals surface area contributed by atoms with E-state index in [0.717, 1.165) is 5.39 Å². The van der Waals surface area contributed by atoms with Crippen molar-refractivity contribution in [1.29, 1.82) is 0 Å². The highest BCUT2D eigenvalue weighted by molar-refractivity contribution is 6.23. The molecule has 1 aromatic heterocycles. The third kappa shape index (κ3) is 4.17. The lowest BCUT2D eigenvalue weighted by Gasteiger charge is -2.20. The van der Waals surface area contributed by atoms with E-state index in [2.05, 4.69) is 0 Å². The second-order valence-corrected chi connectivity index (χ2v) is 10.7. The van der Waals surface area contributed by atoms with E-state index in [4.69, 9.17) is 14.0 Å². The van der Waals surface area contributed by atoms with Gasteiger partial charge in [0.2, 0.25) is 0 Å². The summed E-state index contributed by atoms with van der Waals surface area (Å²) >= 11 is 0. The van der Waals surface area contributed by atoms with Crippen LogP contribution < -0.4 is 0 Å². The monoisotopic (exact) mass is 584 g/mol. The molecule has 45 heavy (non-hydrogen) atoms. The Morgan fingerprint density at radius 3 is 1.89 bits per heavy atom. The van der Waals surface area contributed by atoms with Crippen LogP contribution in [0.3, 0.4) is 0 Å². The molecule has 0 atom stereocenters. The molecule has 0 spiro atoms. The van der Waals surface area contributed by atoms with Crippen LogP contribution in [0.2, 0.25) is 0 Å². The summed E-state index contributed by atoms with van der Waals surface area (Å²) in [5.41, 5.74) is 2.81. The Bertz CT molecular complexity index is 3180. The maximum Gasteiger partial charge on any atom is 0.135 e. The number of hydrogen-bond donors (Lipinski definition) is 0. The highest BCUT2D eigenvalue weighted by Crippen LogP contribution is 2.47. The van der Waals surface area contributed by atoms with Crippen molar-refractivity contribution < 1.29 is 20.9 Å². The zero-order valence-electron chi connectivity index (χ0n) is 35.6. The Balaban J connectivity index is 1.58. The standard InChI is InChI=1S/C44H28O/c1-3-13-29(14-4-1)31-23-25-38-40(27-31)44(35-19-8-7-17-33(35)30-15-5-2-6-16-30)37-21-10-9-20-36(37)43(38)32-24-26-42-39(28-32)34-18-11-12-22-41(34)45-42/h1-28H/i2D,5D,6D,9D,10D,15D,16D,20D,21D,23D,25D,27D. The lowest BCUT2D eigenvalue weighted by molar-refractivity contribution is 0.669. The van der Waals surface area contributed by atoms with E-state index in [9.17, 15) is 6.85 Å². The summed E-state index contributed by atoms with van der Waals surface area (Å²) in [5.74, 6) is 0. The fourth-order valence-electron chi connectivity index (χ4n) is 6.21. The number of furan rings is 1. The van der Waals surface area contributed by atoms with Crippen LogP contribution in [-0.2, 0) is 0 Å². The van der Waals surface area contributed by atoms with Crippen LogP contribution in [0.4, 0.5) is 0 Å². The molecule has 9 aromatic rings. The Kier molecular flexibility index (Phi) is 3.74. The summed E-state index contributed by atoms with van der Waals surface area (Å²) in [5, 5.41) is 1.73. The molecule has 0 saturated carbocycles. The fraction of sp³-hybridized carbons (Fsp3) is 0. The number of para-hydroxylation sites is 1. The lowest BCUT2D eigenvalue weighted by atomic mass is 9.83. The maximum absolute atomic E-state index is 9.96.